The van der Waals surface area contributed by atoms with Gasteiger partial charge in [0.15, 0.2) is 0 Å². The third-order valence-corrected chi connectivity index (χ3v) is 3.98. The van der Waals surface area contributed by atoms with E-state index in [0.717, 1.165) is 50.9 Å². The first-order valence-corrected chi connectivity index (χ1v) is 7.93. The molecular weight excluding hydrogens is 264 g/mol. The Morgan fingerprint density at radius 1 is 1.29 bits per heavy atom. The number of carbonyl (C=O) groups excluding carboxylic acids is 1. The summed E-state index contributed by atoms with van der Waals surface area (Å²) >= 11 is 0. The lowest BCUT2D eigenvalue weighted by atomic mass is 10.0. The van der Waals surface area contributed by atoms with Crippen LogP contribution >= 0.6 is 0 Å². The van der Waals surface area contributed by atoms with Crippen LogP contribution in [0.3, 0.4) is 0 Å². The fourth-order valence-corrected chi connectivity index (χ4v) is 2.66. The van der Waals surface area contributed by atoms with Crippen LogP contribution in [0, 0.1) is 0 Å². The zero-order valence-electron chi connectivity index (χ0n) is 12.9. The molecule has 0 unspecified atom stereocenters. The Labute approximate surface area is 127 Å². The third kappa shape index (κ3) is 5.38. The summed E-state index contributed by atoms with van der Waals surface area (Å²) in [5.74, 6) is 1.06. The Kier molecular flexibility index (Phi) is 6.54. The number of unbranched alkanes of at least 4 members (excludes halogenated alkanes) is 1. The summed E-state index contributed by atoms with van der Waals surface area (Å²) < 4.78 is 5.14. The number of amides is 1. The molecule has 1 aromatic carbocycles. The number of piperidine rings is 1. The maximum Gasteiger partial charge on any atom is 0.237 e. The lowest BCUT2D eigenvalue weighted by Gasteiger charge is -2.22. The van der Waals surface area contributed by atoms with Crippen LogP contribution in [0.2, 0.25) is 0 Å². The number of rotatable bonds is 7. The topological polar surface area (TPSA) is 50.4 Å². The minimum absolute atomic E-state index is 0.0281. The van der Waals surface area contributed by atoms with Crippen molar-refractivity contribution >= 4 is 5.91 Å². The van der Waals surface area contributed by atoms with E-state index < -0.39 is 0 Å². The van der Waals surface area contributed by atoms with Gasteiger partial charge in [0, 0.05) is 6.54 Å². The standard InChI is InChI=1S/C17H26N2O2/c1-21-15-10-8-14(9-11-15)6-2-4-13-19-17(20)16-7-3-5-12-18-16/h8-11,16,18H,2-7,12-13H2,1H3,(H,19,20)/t16-/m1/s1. The van der Waals surface area contributed by atoms with Crippen LogP contribution in [0.15, 0.2) is 24.3 Å². The fourth-order valence-electron chi connectivity index (χ4n) is 2.66. The highest BCUT2D eigenvalue weighted by Gasteiger charge is 2.19. The maximum absolute atomic E-state index is 11.9. The fraction of sp³-hybridized carbons (Fsp3) is 0.588. The molecule has 0 spiro atoms. The Balaban J connectivity index is 1.57. The van der Waals surface area contributed by atoms with E-state index in [1.54, 1.807) is 7.11 Å². The Hall–Kier alpha value is -1.55. The van der Waals surface area contributed by atoms with Crippen LogP contribution in [0.1, 0.15) is 37.7 Å². The SMILES string of the molecule is COc1ccc(CCCCNC(=O)[C@H]2CCCCN2)cc1. The van der Waals surface area contributed by atoms with E-state index in [1.165, 1.54) is 12.0 Å². The third-order valence-electron chi connectivity index (χ3n) is 3.98. The second kappa shape index (κ2) is 8.67. The molecule has 1 aliphatic heterocycles. The van der Waals surface area contributed by atoms with E-state index in [-0.39, 0.29) is 11.9 Å². The quantitative estimate of drug-likeness (QED) is 0.758. The Morgan fingerprint density at radius 2 is 2.10 bits per heavy atom. The molecule has 0 bridgehead atoms. The molecule has 4 heteroatoms. The monoisotopic (exact) mass is 290 g/mol. The molecule has 1 saturated heterocycles. The maximum atomic E-state index is 11.9. The minimum atomic E-state index is 0.0281. The van der Waals surface area contributed by atoms with E-state index in [4.69, 9.17) is 4.74 Å². The minimum Gasteiger partial charge on any atom is -0.497 e. The van der Waals surface area contributed by atoms with Gasteiger partial charge < -0.3 is 15.4 Å². The highest BCUT2D eigenvalue weighted by atomic mass is 16.5. The molecule has 1 fully saturated rings. The molecule has 2 N–H and O–H groups in total. The zero-order valence-corrected chi connectivity index (χ0v) is 12.9. The normalized spacial score (nSPS) is 18.2. The van der Waals surface area contributed by atoms with Gasteiger partial charge in [0.05, 0.1) is 13.2 Å². The number of carbonyl (C=O) groups is 1. The highest BCUT2D eigenvalue weighted by Crippen LogP contribution is 2.13. The van der Waals surface area contributed by atoms with Crippen LogP contribution < -0.4 is 15.4 Å². The second-order valence-corrected chi connectivity index (χ2v) is 5.60. The predicted molar refractivity (Wildman–Crippen MR) is 84.6 cm³/mol. The molecule has 116 valence electrons. The van der Waals surface area contributed by atoms with Crippen molar-refractivity contribution in [3.63, 3.8) is 0 Å². The van der Waals surface area contributed by atoms with Crippen LogP contribution in [-0.4, -0.2) is 32.1 Å². The van der Waals surface area contributed by atoms with Crippen molar-refractivity contribution in [2.24, 2.45) is 0 Å². The number of aryl methyl sites for hydroxylation is 1. The average molecular weight is 290 g/mol. The summed E-state index contributed by atoms with van der Waals surface area (Å²) in [5, 5.41) is 6.31. The number of ether oxygens (including phenoxy) is 1. The van der Waals surface area contributed by atoms with Gasteiger partial charge in [-0.1, -0.05) is 18.6 Å². The first kappa shape index (κ1) is 15.8. The number of hydrogen-bond acceptors (Lipinski definition) is 3. The number of nitrogens with one attached hydrogen (secondary N) is 2. The summed E-state index contributed by atoms with van der Waals surface area (Å²) in [6, 6.07) is 8.21. The van der Waals surface area contributed by atoms with Crippen molar-refractivity contribution in [3.05, 3.63) is 29.8 Å². The molecular formula is C17H26N2O2. The number of methoxy groups -OCH3 is 1. The number of benzene rings is 1. The van der Waals surface area contributed by atoms with Crippen molar-refractivity contribution in [2.75, 3.05) is 20.2 Å². The lowest BCUT2D eigenvalue weighted by Crippen LogP contribution is -2.46. The second-order valence-electron chi connectivity index (χ2n) is 5.60. The molecule has 0 radical (unpaired) electrons. The highest BCUT2D eigenvalue weighted by molar-refractivity contribution is 5.81. The van der Waals surface area contributed by atoms with Crippen molar-refractivity contribution in [2.45, 2.75) is 44.6 Å². The number of hydrogen-bond donors (Lipinski definition) is 2. The summed E-state index contributed by atoms with van der Waals surface area (Å²) in [7, 11) is 1.68. The molecule has 1 aromatic rings. The molecule has 0 aromatic heterocycles. The smallest absolute Gasteiger partial charge is 0.237 e. The van der Waals surface area contributed by atoms with Gasteiger partial charge in [0.1, 0.15) is 5.75 Å². The molecule has 21 heavy (non-hydrogen) atoms. The molecule has 1 atom stereocenters. The van der Waals surface area contributed by atoms with Gasteiger partial charge in [-0.25, -0.2) is 0 Å². The first-order valence-electron chi connectivity index (χ1n) is 7.93. The van der Waals surface area contributed by atoms with E-state index in [0.29, 0.717) is 0 Å². The van der Waals surface area contributed by atoms with Crippen molar-refractivity contribution < 1.29 is 9.53 Å². The molecule has 2 rings (SSSR count). The summed E-state index contributed by atoms with van der Waals surface area (Å²) in [6.07, 6.45) is 6.46. The average Bonchev–Trinajstić information content (AvgIpc) is 2.55. The van der Waals surface area contributed by atoms with Crippen molar-refractivity contribution in [1.29, 1.82) is 0 Å². The van der Waals surface area contributed by atoms with Crippen LogP contribution in [0.5, 0.6) is 5.75 Å². The van der Waals surface area contributed by atoms with Gasteiger partial charge >= 0.3 is 0 Å². The van der Waals surface area contributed by atoms with Crippen LogP contribution in [-0.2, 0) is 11.2 Å². The molecule has 1 aliphatic rings. The van der Waals surface area contributed by atoms with Gasteiger partial charge in [-0.15, -0.1) is 0 Å². The molecule has 0 saturated carbocycles. The van der Waals surface area contributed by atoms with E-state index in [9.17, 15) is 4.79 Å². The van der Waals surface area contributed by atoms with Gasteiger partial charge in [-0.2, -0.15) is 0 Å². The molecule has 4 nitrogen and oxygen atoms in total. The molecule has 0 aliphatic carbocycles. The van der Waals surface area contributed by atoms with E-state index >= 15 is 0 Å². The van der Waals surface area contributed by atoms with E-state index in [1.807, 2.05) is 12.1 Å². The van der Waals surface area contributed by atoms with Gasteiger partial charge in [0.25, 0.3) is 0 Å². The molecule has 1 heterocycles. The predicted octanol–water partition coefficient (Wildman–Crippen LogP) is 2.28. The van der Waals surface area contributed by atoms with Gasteiger partial charge in [-0.3, -0.25) is 4.79 Å². The summed E-state index contributed by atoms with van der Waals surface area (Å²) in [6.45, 7) is 1.74. The van der Waals surface area contributed by atoms with Crippen LogP contribution in [0.4, 0.5) is 0 Å². The van der Waals surface area contributed by atoms with E-state index in [2.05, 4.69) is 22.8 Å². The zero-order chi connectivity index (χ0) is 14.9. The van der Waals surface area contributed by atoms with Crippen molar-refractivity contribution in [3.8, 4) is 5.75 Å². The van der Waals surface area contributed by atoms with Gasteiger partial charge in [-0.05, 0) is 56.3 Å². The lowest BCUT2D eigenvalue weighted by molar-refractivity contribution is -0.123. The van der Waals surface area contributed by atoms with Crippen molar-refractivity contribution in [1.82, 2.24) is 10.6 Å². The summed E-state index contributed by atoms with van der Waals surface area (Å²) in [4.78, 5) is 11.9. The van der Waals surface area contributed by atoms with Crippen LogP contribution in [0.25, 0.3) is 0 Å². The molecule has 1 amide bonds. The Bertz CT molecular complexity index is 425. The summed E-state index contributed by atoms with van der Waals surface area (Å²) in [5.41, 5.74) is 1.32. The Morgan fingerprint density at radius 3 is 2.76 bits per heavy atom. The largest absolute Gasteiger partial charge is 0.497 e. The first-order chi connectivity index (χ1) is 10.3. The van der Waals surface area contributed by atoms with Gasteiger partial charge in [0.2, 0.25) is 5.91 Å².